The Morgan fingerprint density at radius 1 is 1.09 bits per heavy atom. The molecule has 2 aromatic rings. The van der Waals surface area contributed by atoms with Crippen LogP contribution in [-0.2, 0) is 12.8 Å². The molecule has 0 amide bonds. The zero-order valence-electron chi connectivity index (χ0n) is 13.4. The highest BCUT2D eigenvalue weighted by atomic mass is 16.5. The Labute approximate surface area is 133 Å². The van der Waals surface area contributed by atoms with Crippen LogP contribution in [0.25, 0.3) is 0 Å². The molecule has 0 saturated carbocycles. The zero-order valence-corrected chi connectivity index (χ0v) is 13.4. The minimum absolute atomic E-state index is 0.593. The Bertz CT molecular complexity index is 590. The number of hydrogen-bond donors (Lipinski definition) is 0. The Morgan fingerprint density at radius 2 is 1.86 bits per heavy atom. The number of methoxy groups -OCH3 is 1. The third-order valence-electron chi connectivity index (χ3n) is 3.95. The number of benzene rings is 2. The molecule has 0 aliphatic carbocycles. The van der Waals surface area contributed by atoms with E-state index in [4.69, 9.17) is 4.74 Å². The summed E-state index contributed by atoms with van der Waals surface area (Å²) in [5, 5.41) is 0. The average molecular weight is 296 g/mol. The van der Waals surface area contributed by atoms with Gasteiger partial charge in [-0.1, -0.05) is 43.7 Å². The molecule has 0 N–H and O–H groups in total. The molecule has 1 unspecified atom stereocenters. The van der Waals surface area contributed by atoms with Crippen LogP contribution in [0.15, 0.2) is 48.5 Å². The highest BCUT2D eigenvalue weighted by Gasteiger charge is 2.07. The molecule has 0 spiro atoms. The largest absolute Gasteiger partial charge is 0.497 e. The van der Waals surface area contributed by atoms with Crippen molar-refractivity contribution < 1.29 is 9.53 Å². The third-order valence-corrected chi connectivity index (χ3v) is 3.95. The SMILES string of the molecule is COc1cc(C=O)cc(CC(C)CCCc2ccccc2)c1. The second kappa shape index (κ2) is 8.38. The van der Waals surface area contributed by atoms with E-state index in [1.807, 2.05) is 12.1 Å². The van der Waals surface area contributed by atoms with Gasteiger partial charge in [0.2, 0.25) is 0 Å². The van der Waals surface area contributed by atoms with Crippen LogP contribution in [0.1, 0.15) is 41.3 Å². The molecule has 0 fully saturated rings. The Hall–Kier alpha value is -2.09. The van der Waals surface area contributed by atoms with Gasteiger partial charge in [0, 0.05) is 5.56 Å². The third kappa shape index (κ3) is 5.03. The molecule has 2 rings (SSSR count). The van der Waals surface area contributed by atoms with E-state index in [0.717, 1.165) is 24.9 Å². The summed E-state index contributed by atoms with van der Waals surface area (Å²) in [6.45, 7) is 2.27. The fourth-order valence-corrected chi connectivity index (χ4v) is 2.79. The summed E-state index contributed by atoms with van der Waals surface area (Å²) in [6, 6.07) is 16.4. The van der Waals surface area contributed by atoms with Crippen molar-refractivity contribution in [3.8, 4) is 5.75 Å². The van der Waals surface area contributed by atoms with Crippen LogP contribution in [0.4, 0.5) is 0 Å². The van der Waals surface area contributed by atoms with Crippen LogP contribution in [0, 0.1) is 5.92 Å². The minimum Gasteiger partial charge on any atom is -0.497 e. The second-order valence-electron chi connectivity index (χ2n) is 5.92. The van der Waals surface area contributed by atoms with Gasteiger partial charge in [0.25, 0.3) is 0 Å². The van der Waals surface area contributed by atoms with E-state index < -0.39 is 0 Å². The number of rotatable bonds is 8. The topological polar surface area (TPSA) is 26.3 Å². The molecule has 0 aromatic heterocycles. The van der Waals surface area contributed by atoms with Crippen LogP contribution >= 0.6 is 0 Å². The number of carbonyl (C=O) groups is 1. The summed E-state index contributed by atoms with van der Waals surface area (Å²) >= 11 is 0. The van der Waals surface area contributed by atoms with E-state index >= 15 is 0 Å². The molecule has 0 aliphatic heterocycles. The highest BCUT2D eigenvalue weighted by Crippen LogP contribution is 2.21. The maximum atomic E-state index is 11.0. The normalized spacial score (nSPS) is 11.9. The van der Waals surface area contributed by atoms with Crippen molar-refractivity contribution in [1.82, 2.24) is 0 Å². The lowest BCUT2D eigenvalue weighted by Gasteiger charge is -2.13. The molecular formula is C20H24O2. The molecule has 2 heteroatoms. The van der Waals surface area contributed by atoms with Crippen LogP contribution in [0.2, 0.25) is 0 Å². The van der Waals surface area contributed by atoms with E-state index in [1.165, 1.54) is 24.0 Å². The van der Waals surface area contributed by atoms with Crippen LogP contribution in [-0.4, -0.2) is 13.4 Å². The van der Waals surface area contributed by atoms with E-state index in [-0.39, 0.29) is 0 Å². The maximum Gasteiger partial charge on any atom is 0.150 e. The lowest BCUT2D eigenvalue weighted by Crippen LogP contribution is -2.02. The number of carbonyl (C=O) groups excluding carboxylic acids is 1. The zero-order chi connectivity index (χ0) is 15.8. The second-order valence-corrected chi connectivity index (χ2v) is 5.92. The maximum absolute atomic E-state index is 11.0. The molecule has 0 radical (unpaired) electrons. The van der Waals surface area contributed by atoms with Crippen molar-refractivity contribution in [3.05, 3.63) is 65.2 Å². The first-order chi connectivity index (χ1) is 10.7. The average Bonchev–Trinajstić information content (AvgIpc) is 2.55. The highest BCUT2D eigenvalue weighted by molar-refractivity contribution is 5.76. The van der Waals surface area contributed by atoms with Crippen molar-refractivity contribution in [2.24, 2.45) is 5.92 Å². The first kappa shape index (κ1) is 16.3. The predicted octanol–water partition coefficient (Wildman–Crippen LogP) is 4.71. The summed E-state index contributed by atoms with van der Waals surface area (Å²) in [4.78, 5) is 11.0. The van der Waals surface area contributed by atoms with Gasteiger partial charge in [-0.2, -0.15) is 0 Å². The summed E-state index contributed by atoms with van der Waals surface area (Å²) in [5.74, 6) is 1.35. The van der Waals surface area contributed by atoms with Crippen LogP contribution in [0.5, 0.6) is 5.75 Å². The smallest absolute Gasteiger partial charge is 0.150 e. The predicted molar refractivity (Wildman–Crippen MR) is 90.6 cm³/mol. The van der Waals surface area contributed by atoms with Gasteiger partial charge < -0.3 is 4.74 Å². The standard InChI is InChI=1S/C20H24O2/c1-16(7-6-10-17-8-4-3-5-9-17)11-18-12-19(15-21)14-20(13-18)22-2/h3-5,8-9,12-16H,6-7,10-11H2,1-2H3. The lowest BCUT2D eigenvalue weighted by atomic mass is 9.94. The van der Waals surface area contributed by atoms with E-state index in [1.54, 1.807) is 13.2 Å². The fraction of sp³-hybridized carbons (Fsp3) is 0.350. The quantitative estimate of drug-likeness (QED) is 0.659. The Kier molecular flexibility index (Phi) is 6.20. The summed E-state index contributed by atoms with van der Waals surface area (Å²) < 4.78 is 5.26. The number of aldehydes is 1. The van der Waals surface area contributed by atoms with E-state index in [9.17, 15) is 4.79 Å². The molecule has 0 heterocycles. The van der Waals surface area contributed by atoms with Gasteiger partial charge in [0.15, 0.2) is 0 Å². The van der Waals surface area contributed by atoms with E-state index in [0.29, 0.717) is 11.5 Å². The van der Waals surface area contributed by atoms with Gasteiger partial charge >= 0.3 is 0 Å². The first-order valence-electron chi connectivity index (χ1n) is 7.88. The molecule has 0 saturated heterocycles. The Morgan fingerprint density at radius 3 is 2.55 bits per heavy atom. The van der Waals surface area contributed by atoms with Crippen molar-refractivity contribution in [2.45, 2.75) is 32.6 Å². The molecule has 1 atom stereocenters. The summed E-state index contributed by atoms with van der Waals surface area (Å²) in [5.41, 5.74) is 3.26. The lowest BCUT2D eigenvalue weighted by molar-refractivity contribution is 0.112. The van der Waals surface area contributed by atoms with Gasteiger partial charge in [-0.05, 0) is 54.5 Å². The molecule has 2 aromatic carbocycles. The molecule has 22 heavy (non-hydrogen) atoms. The minimum atomic E-state index is 0.593. The van der Waals surface area contributed by atoms with Crippen molar-refractivity contribution >= 4 is 6.29 Å². The molecule has 116 valence electrons. The molecular weight excluding hydrogens is 272 g/mol. The van der Waals surface area contributed by atoms with Gasteiger partial charge in [-0.3, -0.25) is 4.79 Å². The van der Waals surface area contributed by atoms with E-state index in [2.05, 4.69) is 37.3 Å². The number of ether oxygens (including phenoxy) is 1. The van der Waals surface area contributed by atoms with Crippen molar-refractivity contribution in [3.63, 3.8) is 0 Å². The van der Waals surface area contributed by atoms with Crippen LogP contribution in [0.3, 0.4) is 0 Å². The van der Waals surface area contributed by atoms with Crippen LogP contribution < -0.4 is 4.74 Å². The molecule has 2 nitrogen and oxygen atoms in total. The molecule has 0 aliphatic rings. The monoisotopic (exact) mass is 296 g/mol. The van der Waals surface area contributed by atoms with Crippen molar-refractivity contribution in [1.29, 1.82) is 0 Å². The number of aryl methyl sites for hydroxylation is 1. The van der Waals surface area contributed by atoms with Gasteiger partial charge in [0.1, 0.15) is 12.0 Å². The summed E-state index contributed by atoms with van der Waals surface area (Å²) in [6.07, 6.45) is 5.36. The summed E-state index contributed by atoms with van der Waals surface area (Å²) in [7, 11) is 1.64. The first-order valence-corrected chi connectivity index (χ1v) is 7.88. The fourth-order valence-electron chi connectivity index (χ4n) is 2.79. The van der Waals surface area contributed by atoms with Gasteiger partial charge in [0.05, 0.1) is 7.11 Å². The number of hydrogen-bond acceptors (Lipinski definition) is 2. The Balaban J connectivity index is 1.86. The van der Waals surface area contributed by atoms with Gasteiger partial charge in [-0.15, -0.1) is 0 Å². The van der Waals surface area contributed by atoms with Crippen molar-refractivity contribution in [2.75, 3.05) is 7.11 Å². The molecule has 0 bridgehead atoms. The van der Waals surface area contributed by atoms with Gasteiger partial charge in [-0.25, -0.2) is 0 Å².